The molecule has 3 heteroatoms. The van der Waals surface area contributed by atoms with Gasteiger partial charge in [0.05, 0.1) is 5.56 Å². The molecule has 1 fully saturated rings. The van der Waals surface area contributed by atoms with Crippen molar-refractivity contribution in [3.8, 4) is 0 Å². The van der Waals surface area contributed by atoms with E-state index in [0.717, 1.165) is 18.0 Å². The highest BCUT2D eigenvalue weighted by Crippen LogP contribution is 2.23. The van der Waals surface area contributed by atoms with Gasteiger partial charge in [0.1, 0.15) is 0 Å². The largest absolute Gasteiger partial charge is 0.478 e. The molecule has 0 amide bonds. The van der Waals surface area contributed by atoms with Crippen LogP contribution in [0.3, 0.4) is 0 Å². The average Bonchev–Trinajstić information content (AvgIpc) is 2.37. The third-order valence-electron chi connectivity index (χ3n) is 3.73. The molecule has 1 aromatic carbocycles. The second-order valence-corrected chi connectivity index (χ2v) is 5.35. The Morgan fingerprint density at radius 1 is 1.33 bits per heavy atom. The zero-order valence-corrected chi connectivity index (χ0v) is 10.9. The molecule has 0 heterocycles. The highest BCUT2D eigenvalue weighted by molar-refractivity contribution is 5.87. The Hall–Kier alpha value is -1.35. The van der Waals surface area contributed by atoms with Gasteiger partial charge < -0.3 is 10.4 Å². The summed E-state index contributed by atoms with van der Waals surface area (Å²) in [5, 5.41) is 12.4. The molecule has 1 aliphatic rings. The van der Waals surface area contributed by atoms with Gasteiger partial charge >= 0.3 is 5.97 Å². The first-order chi connectivity index (χ1) is 8.65. The summed E-state index contributed by atoms with van der Waals surface area (Å²) in [4.78, 5) is 10.7. The lowest BCUT2D eigenvalue weighted by atomic mass is 9.87. The van der Waals surface area contributed by atoms with Gasteiger partial charge in [-0.1, -0.05) is 31.9 Å². The Morgan fingerprint density at radius 2 is 2.06 bits per heavy atom. The summed E-state index contributed by atoms with van der Waals surface area (Å²) in [6, 6.07) is 7.74. The smallest absolute Gasteiger partial charge is 0.335 e. The van der Waals surface area contributed by atoms with E-state index in [4.69, 9.17) is 5.11 Å². The number of benzene rings is 1. The predicted molar refractivity (Wildman–Crippen MR) is 71.7 cm³/mol. The van der Waals surface area contributed by atoms with E-state index >= 15 is 0 Å². The fraction of sp³-hybridized carbons (Fsp3) is 0.533. The third kappa shape index (κ3) is 3.57. The number of rotatable bonds is 4. The van der Waals surface area contributed by atoms with Crippen molar-refractivity contribution in [2.45, 2.75) is 45.2 Å². The Balaban J connectivity index is 1.84. The topological polar surface area (TPSA) is 49.3 Å². The van der Waals surface area contributed by atoms with Crippen LogP contribution in [0.15, 0.2) is 24.3 Å². The molecule has 0 saturated heterocycles. The minimum atomic E-state index is -0.865. The van der Waals surface area contributed by atoms with Crippen molar-refractivity contribution in [1.29, 1.82) is 0 Å². The molecule has 2 N–H and O–H groups in total. The Bertz CT molecular complexity index is 399. The van der Waals surface area contributed by atoms with E-state index < -0.39 is 5.97 Å². The lowest BCUT2D eigenvalue weighted by Crippen LogP contribution is -2.33. The zero-order chi connectivity index (χ0) is 13.0. The fourth-order valence-corrected chi connectivity index (χ4v) is 2.65. The molecule has 2 rings (SSSR count). The van der Waals surface area contributed by atoms with Crippen LogP contribution in [-0.4, -0.2) is 17.1 Å². The first-order valence-electron chi connectivity index (χ1n) is 6.71. The van der Waals surface area contributed by atoms with E-state index in [1.54, 1.807) is 12.1 Å². The molecule has 2 unspecified atom stereocenters. The molecule has 3 nitrogen and oxygen atoms in total. The Morgan fingerprint density at radius 3 is 2.67 bits per heavy atom. The van der Waals surface area contributed by atoms with E-state index in [9.17, 15) is 4.79 Å². The summed E-state index contributed by atoms with van der Waals surface area (Å²) in [5.74, 6) is -0.0405. The molecular formula is C15H21NO2. The lowest BCUT2D eigenvalue weighted by molar-refractivity contribution is 0.0697. The monoisotopic (exact) mass is 247 g/mol. The summed E-state index contributed by atoms with van der Waals surface area (Å²) >= 11 is 0. The second-order valence-electron chi connectivity index (χ2n) is 5.35. The molecule has 0 aromatic heterocycles. The highest BCUT2D eigenvalue weighted by Gasteiger charge is 2.17. The van der Waals surface area contributed by atoms with Crippen LogP contribution in [0.25, 0.3) is 0 Å². The number of hydrogen-bond donors (Lipinski definition) is 2. The molecule has 1 aromatic rings. The molecule has 2 atom stereocenters. The maximum atomic E-state index is 10.7. The number of carboxylic acids is 1. The van der Waals surface area contributed by atoms with E-state index in [1.807, 2.05) is 12.1 Å². The van der Waals surface area contributed by atoms with Crippen LogP contribution in [-0.2, 0) is 6.54 Å². The number of nitrogens with one attached hydrogen (secondary N) is 1. The minimum Gasteiger partial charge on any atom is -0.478 e. The van der Waals surface area contributed by atoms with Crippen molar-refractivity contribution in [3.63, 3.8) is 0 Å². The maximum absolute atomic E-state index is 10.7. The van der Waals surface area contributed by atoms with E-state index in [1.165, 1.54) is 25.7 Å². The van der Waals surface area contributed by atoms with Gasteiger partial charge in [0, 0.05) is 12.6 Å². The predicted octanol–water partition coefficient (Wildman–Crippen LogP) is 3.05. The summed E-state index contributed by atoms with van der Waals surface area (Å²) in [7, 11) is 0. The van der Waals surface area contributed by atoms with Crippen molar-refractivity contribution in [2.75, 3.05) is 0 Å². The first-order valence-corrected chi connectivity index (χ1v) is 6.71. The van der Waals surface area contributed by atoms with Gasteiger partial charge in [-0.2, -0.15) is 0 Å². The quantitative estimate of drug-likeness (QED) is 0.859. The zero-order valence-electron chi connectivity index (χ0n) is 10.9. The van der Waals surface area contributed by atoms with Crippen LogP contribution in [0.2, 0.25) is 0 Å². The maximum Gasteiger partial charge on any atom is 0.335 e. The van der Waals surface area contributed by atoms with Gasteiger partial charge in [0.2, 0.25) is 0 Å². The molecule has 0 spiro atoms. The SMILES string of the molecule is CC1CCCC(NCc2ccc(C(=O)O)cc2)C1. The summed E-state index contributed by atoms with van der Waals surface area (Å²) in [5.41, 5.74) is 1.50. The average molecular weight is 247 g/mol. The molecule has 0 bridgehead atoms. The van der Waals surface area contributed by atoms with Crippen LogP contribution in [0.1, 0.15) is 48.5 Å². The van der Waals surface area contributed by atoms with Crippen LogP contribution in [0.5, 0.6) is 0 Å². The fourth-order valence-electron chi connectivity index (χ4n) is 2.65. The van der Waals surface area contributed by atoms with Crippen molar-refractivity contribution in [3.05, 3.63) is 35.4 Å². The minimum absolute atomic E-state index is 0.352. The number of aromatic carboxylic acids is 1. The van der Waals surface area contributed by atoms with Gasteiger partial charge in [-0.05, 0) is 36.5 Å². The molecule has 0 aliphatic heterocycles. The highest BCUT2D eigenvalue weighted by atomic mass is 16.4. The first kappa shape index (κ1) is 13.1. The molecule has 98 valence electrons. The normalized spacial score (nSPS) is 23.8. The number of carboxylic acid groups (broad SMARTS) is 1. The van der Waals surface area contributed by atoms with Crippen molar-refractivity contribution in [1.82, 2.24) is 5.32 Å². The summed E-state index contributed by atoms with van der Waals surface area (Å²) in [6.07, 6.45) is 5.19. The van der Waals surface area contributed by atoms with Crippen LogP contribution < -0.4 is 5.32 Å². The molecular weight excluding hydrogens is 226 g/mol. The van der Waals surface area contributed by atoms with Gasteiger partial charge in [-0.3, -0.25) is 0 Å². The van der Waals surface area contributed by atoms with Crippen molar-refractivity contribution >= 4 is 5.97 Å². The van der Waals surface area contributed by atoms with E-state index in [-0.39, 0.29) is 0 Å². The summed E-state index contributed by atoms with van der Waals surface area (Å²) < 4.78 is 0. The Labute approximate surface area is 108 Å². The third-order valence-corrected chi connectivity index (χ3v) is 3.73. The van der Waals surface area contributed by atoms with E-state index in [0.29, 0.717) is 11.6 Å². The number of hydrogen-bond acceptors (Lipinski definition) is 2. The molecule has 1 aliphatic carbocycles. The van der Waals surface area contributed by atoms with Gasteiger partial charge in [0.15, 0.2) is 0 Å². The standard InChI is InChI=1S/C15H21NO2/c1-11-3-2-4-14(9-11)16-10-12-5-7-13(8-6-12)15(17)18/h5-8,11,14,16H,2-4,9-10H2,1H3,(H,17,18). The molecule has 0 radical (unpaired) electrons. The van der Waals surface area contributed by atoms with Crippen molar-refractivity contribution < 1.29 is 9.90 Å². The van der Waals surface area contributed by atoms with Gasteiger partial charge in [-0.15, -0.1) is 0 Å². The van der Waals surface area contributed by atoms with E-state index in [2.05, 4.69) is 12.2 Å². The van der Waals surface area contributed by atoms with Gasteiger partial charge in [0.25, 0.3) is 0 Å². The lowest BCUT2D eigenvalue weighted by Gasteiger charge is -2.27. The Kier molecular flexibility index (Phi) is 4.37. The van der Waals surface area contributed by atoms with Crippen LogP contribution in [0.4, 0.5) is 0 Å². The molecule has 18 heavy (non-hydrogen) atoms. The van der Waals surface area contributed by atoms with Crippen LogP contribution >= 0.6 is 0 Å². The summed E-state index contributed by atoms with van der Waals surface area (Å²) in [6.45, 7) is 3.15. The molecule has 1 saturated carbocycles. The second kappa shape index (κ2) is 6.01. The van der Waals surface area contributed by atoms with Crippen LogP contribution in [0, 0.1) is 5.92 Å². The van der Waals surface area contributed by atoms with Gasteiger partial charge in [-0.25, -0.2) is 4.79 Å². The van der Waals surface area contributed by atoms with Crippen molar-refractivity contribution in [2.24, 2.45) is 5.92 Å². The number of carbonyl (C=O) groups is 1.